The third-order valence-corrected chi connectivity index (χ3v) is 9.55. The van der Waals surface area contributed by atoms with Crippen molar-refractivity contribution in [3.63, 3.8) is 0 Å². The quantitative estimate of drug-likeness (QED) is 0.196. The summed E-state index contributed by atoms with van der Waals surface area (Å²) >= 11 is 0. The van der Waals surface area contributed by atoms with Crippen molar-refractivity contribution in [2.75, 3.05) is 19.6 Å². The van der Waals surface area contributed by atoms with Crippen LogP contribution in [0.15, 0.2) is 46.1 Å². The number of hydrogen-bond donors (Lipinski definition) is 3. The van der Waals surface area contributed by atoms with E-state index in [2.05, 4.69) is 5.32 Å². The molecule has 3 N–H and O–H groups in total. The number of phenolic OH excluding ortho intramolecular Hbond substituents is 2. The molecule has 0 radical (unpaired) electrons. The van der Waals surface area contributed by atoms with Gasteiger partial charge >= 0.3 is 0 Å². The molecule has 4 heterocycles. The zero-order valence-corrected chi connectivity index (χ0v) is 25.2. The standard InChI is InChI=1S/C33H35N3O8/c1-16-29(41)27(18(3)37)31-28(30(16)42)33(4)23(44-31)12-22(38)26(32(33)43)17(2)34-10-6-9-24(39)35-13-19-11-20(15-35)21-7-5-8-25(40)36(21)14-19/h5,7-8,12,19-20,34,41-42H,6,9-11,13-15H2,1-4H3. The number of allylic oxidation sites excluding steroid dienone is 4. The molecule has 0 spiro atoms. The molecule has 1 aliphatic carbocycles. The van der Waals surface area contributed by atoms with Gasteiger partial charge in [-0.05, 0) is 52.5 Å². The number of ketones is 3. The molecule has 6 rings (SSSR count). The molecule has 3 aliphatic heterocycles. The average molecular weight is 602 g/mol. The monoisotopic (exact) mass is 601 g/mol. The lowest BCUT2D eigenvalue weighted by atomic mass is 9.70. The molecule has 2 aromatic rings. The summed E-state index contributed by atoms with van der Waals surface area (Å²) in [6.07, 6.45) is 2.90. The van der Waals surface area contributed by atoms with E-state index in [0.29, 0.717) is 38.3 Å². The Morgan fingerprint density at radius 1 is 1.09 bits per heavy atom. The summed E-state index contributed by atoms with van der Waals surface area (Å²) in [7, 11) is 0. The second-order valence-corrected chi connectivity index (χ2v) is 12.4. The number of likely N-dealkylation sites (tertiary alicyclic amines) is 1. The van der Waals surface area contributed by atoms with Crippen LogP contribution in [0.5, 0.6) is 17.2 Å². The Kier molecular flexibility index (Phi) is 7.02. The van der Waals surface area contributed by atoms with Gasteiger partial charge < -0.3 is 29.7 Å². The Bertz CT molecular complexity index is 1780. The second-order valence-electron chi connectivity index (χ2n) is 12.4. The molecule has 1 aromatic heterocycles. The van der Waals surface area contributed by atoms with Gasteiger partial charge in [-0.1, -0.05) is 6.07 Å². The number of benzene rings is 1. The predicted octanol–water partition coefficient (Wildman–Crippen LogP) is 2.75. The highest BCUT2D eigenvalue weighted by Gasteiger charge is 2.56. The van der Waals surface area contributed by atoms with Crippen LogP contribution >= 0.6 is 0 Å². The van der Waals surface area contributed by atoms with Gasteiger partial charge in [0, 0.05) is 67.6 Å². The first-order chi connectivity index (χ1) is 20.8. The number of fused-ring (bicyclic) bond motifs is 7. The van der Waals surface area contributed by atoms with Crippen molar-refractivity contribution in [1.82, 2.24) is 14.8 Å². The maximum atomic E-state index is 13.9. The van der Waals surface area contributed by atoms with E-state index < -0.39 is 28.5 Å². The fraction of sp³-hybridized carbons (Fsp3) is 0.424. The summed E-state index contributed by atoms with van der Waals surface area (Å²) < 4.78 is 7.64. The van der Waals surface area contributed by atoms with E-state index in [9.17, 15) is 34.2 Å². The lowest BCUT2D eigenvalue weighted by Gasteiger charge is -2.42. The molecule has 0 saturated carbocycles. The molecule has 3 unspecified atom stereocenters. The van der Waals surface area contributed by atoms with Gasteiger partial charge in [-0.2, -0.15) is 0 Å². The normalized spacial score (nSPS) is 24.5. The van der Waals surface area contributed by atoms with Gasteiger partial charge in [0.15, 0.2) is 17.3 Å². The van der Waals surface area contributed by atoms with Crippen molar-refractivity contribution < 1.29 is 34.1 Å². The number of carbonyl (C=O) groups excluding carboxylic acids is 4. The first-order valence-corrected chi connectivity index (χ1v) is 14.9. The van der Waals surface area contributed by atoms with Crippen LogP contribution in [0.2, 0.25) is 0 Å². The van der Waals surface area contributed by atoms with Crippen LogP contribution in [0, 0.1) is 12.8 Å². The van der Waals surface area contributed by atoms with Crippen LogP contribution in [0.25, 0.3) is 0 Å². The fourth-order valence-corrected chi connectivity index (χ4v) is 7.22. The predicted molar refractivity (Wildman–Crippen MR) is 159 cm³/mol. The minimum absolute atomic E-state index is 0.000123. The fourth-order valence-electron chi connectivity index (χ4n) is 7.22. The van der Waals surface area contributed by atoms with Crippen molar-refractivity contribution in [1.29, 1.82) is 0 Å². The van der Waals surface area contributed by atoms with Crippen LogP contribution in [-0.4, -0.2) is 62.6 Å². The van der Waals surface area contributed by atoms with Crippen molar-refractivity contribution in [3.8, 4) is 17.2 Å². The zero-order valence-electron chi connectivity index (χ0n) is 25.2. The van der Waals surface area contributed by atoms with Gasteiger partial charge in [0.05, 0.1) is 11.1 Å². The lowest BCUT2D eigenvalue weighted by molar-refractivity contribution is -0.134. The van der Waals surface area contributed by atoms with Crippen LogP contribution in [-0.2, 0) is 26.3 Å². The molecule has 4 aliphatic rings. The molecule has 3 atom stereocenters. The zero-order chi connectivity index (χ0) is 31.7. The number of Topliss-reactive ketones (excluding diaryl/α,β-unsaturated/α-hetero) is 2. The van der Waals surface area contributed by atoms with E-state index in [1.165, 1.54) is 26.8 Å². The molecule has 11 heteroatoms. The van der Waals surface area contributed by atoms with Gasteiger partial charge in [-0.3, -0.25) is 24.0 Å². The minimum atomic E-state index is -1.58. The lowest BCUT2D eigenvalue weighted by Crippen LogP contribution is -2.49. The number of aromatic nitrogens is 1. The summed E-state index contributed by atoms with van der Waals surface area (Å²) in [5.41, 5.74) is -0.467. The molecule has 1 aromatic carbocycles. The minimum Gasteiger partial charge on any atom is -0.507 e. The SMILES string of the molecule is CC(=O)c1c(O)c(C)c(O)c2c1OC1=CC(=O)C(=C(C)NCCCC(=O)N3CC4CC(C3)c3cccc(=O)n3C4)C(=O)C12C. The number of pyridine rings is 1. The first-order valence-electron chi connectivity index (χ1n) is 14.9. The Balaban J connectivity index is 1.15. The Morgan fingerprint density at radius 3 is 2.57 bits per heavy atom. The van der Waals surface area contributed by atoms with E-state index in [4.69, 9.17) is 4.74 Å². The number of hydrogen-bond acceptors (Lipinski definition) is 9. The number of amides is 1. The van der Waals surface area contributed by atoms with Crippen LogP contribution < -0.4 is 15.6 Å². The molecule has 1 saturated heterocycles. The van der Waals surface area contributed by atoms with Crippen molar-refractivity contribution >= 4 is 23.3 Å². The van der Waals surface area contributed by atoms with Gasteiger partial charge in [-0.25, -0.2) is 0 Å². The van der Waals surface area contributed by atoms with E-state index in [0.717, 1.165) is 12.1 Å². The van der Waals surface area contributed by atoms with E-state index >= 15 is 0 Å². The number of carbonyl (C=O) groups is 4. The van der Waals surface area contributed by atoms with Crippen molar-refractivity contribution in [3.05, 3.63) is 74.0 Å². The summed E-state index contributed by atoms with van der Waals surface area (Å²) in [5, 5.41) is 24.6. The van der Waals surface area contributed by atoms with E-state index in [1.807, 2.05) is 15.5 Å². The number of ether oxygens (including phenoxy) is 1. The molecule has 230 valence electrons. The highest BCUT2D eigenvalue weighted by Crippen LogP contribution is 2.57. The number of nitrogens with zero attached hydrogens (tertiary/aromatic N) is 2. The van der Waals surface area contributed by atoms with Gasteiger partial charge in [0.1, 0.15) is 34.0 Å². The highest BCUT2D eigenvalue weighted by molar-refractivity contribution is 6.31. The molecule has 44 heavy (non-hydrogen) atoms. The summed E-state index contributed by atoms with van der Waals surface area (Å²) in [5.74, 6) is -2.27. The largest absolute Gasteiger partial charge is 0.507 e. The van der Waals surface area contributed by atoms with E-state index in [-0.39, 0.29) is 69.2 Å². The molecular formula is C33H35N3O8. The molecule has 11 nitrogen and oxygen atoms in total. The number of nitrogens with one attached hydrogen (secondary N) is 1. The van der Waals surface area contributed by atoms with Crippen LogP contribution in [0.4, 0.5) is 0 Å². The first kappa shape index (κ1) is 29.4. The van der Waals surface area contributed by atoms with Crippen LogP contribution in [0.3, 0.4) is 0 Å². The molecule has 1 amide bonds. The summed E-state index contributed by atoms with van der Waals surface area (Å²) in [6, 6.07) is 5.31. The highest BCUT2D eigenvalue weighted by atomic mass is 16.5. The molecule has 1 fully saturated rings. The second kappa shape index (κ2) is 10.5. The average Bonchev–Trinajstić information content (AvgIpc) is 3.27. The smallest absolute Gasteiger partial charge is 0.250 e. The van der Waals surface area contributed by atoms with Crippen molar-refractivity contribution in [2.45, 2.75) is 64.8 Å². The Morgan fingerprint density at radius 2 is 1.84 bits per heavy atom. The number of aromatic hydroxyl groups is 2. The number of phenols is 2. The Hall–Kier alpha value is -4.67. The number of rotatable bonds is 6. The van der Waals surface area contributed by atoms with Crippen LogP contribution in [0.1, 0.15) is 73.1 Å². The Labute approximate surface area is 253 Å². The van der Waals surface area contributed by atoms with Crippen molar-refractivity contribution in [2.24, 2.45) is 5.92 Å². The summed E-state index contributed by atoms with van der Waals surface area (Å²) in [6.45, 7) is 7.95. The molecular weight excluding hydrogens is 566 g/mol. The third-order valence-electron chi connectivity index (χ3n) is 9.55. The van der Waals surface area contributed by atoms with E-state index in [1.54, 1.807) is 19.1 Å². The summed E-state index contributed by atoms with van der Waals surface area (Å²) in [4.78, 5) is 66.7. The van der Waals surface area contributed by atoms with Gasteiger partial charge in [0.25, 0.3) is 5.56 Å². The van der Waals surface area contributed by atoms with Gasteiger partial charge in [-0.15, -0.1) is 0 Å². The van der Waals surface area contributed by atoms with Gasteiger partial charge in [0.2, 0.25) is 5.91 Å². The maximum Gasteiger partial charge on any atom is 0.250 e. The third kappa shape index (κ3) is 4.36. The topological polar surface area (TPSA) is 155 Å². The maximum absolute atomic E-state index is 13.9. The molecule has 2 bridgehead atoms. The number of piperidine rings is 1.